The molecule has 0 amide bonds. The van der Waals surface area contributed by atoms with Crippen molar-refractivity contribution in [3.8, 4) is 11.5 Å². The molecule has 2 aromatic carbocycles. The lowest BCUT2D eigenvalue weighted by molar-refractivity contribution is 0.0457. The minimum atomic E-state index is -0.575. The molecule has 2 bridgehead atoms. The van der Waals surface area contributed by atoms with E-state index < -0.39 is 5.72 Å². The van der Waals surface area contributed by atoms with Gasteiger partial charge in [-0.1, -0.05) is 34.1 Å². The Labute approximate surface area is 161 Å². The summed E-state index contributed by atoms with van der Waals surface area (Å²) in [6.07, 6.45) is 0.794. The number of hydrogen-bond donors (Lipinski definition) is 1. The van der Waals surface area contributed by atoms with Crippen LogP contribution in [0.2, 0.25) is 0 Å². The van der Waals surface area contributed by atoms with Gasteiger partial charge in [0.25, 0.3) is 0 Å². The highest BCUT2D eigenvalue weighted by molar-refractivity contribution is 9.10. The van der Waals surface area contributed by atoms with E-state index in [1.807, 2.05) is 43.3 Å². The number of halogens is 1. The van der Waals surface area contributed by atoms with Crippen LogP contribution in [0.1, 0.15) is 31.9 Å². The lowest BCUT2D eigenvalue weighted by Gasteiger charge is -2.52. The van der Waals surface area contributed by atoms with Crippen LogP contribution in [-0.4, -0.2) is 17.4 Å². The second kappa shape index (κ2) is 6.18. The number of nitrogens with one attached hydrogen (secondary N) is 1. The minimum absolute atomic E-state index is 0.116. The van der Waals surface area contributed by atoms with Crippen molar-refractivity contribution in [2.24, 2.45) is 0 Å². The highest BCUT2D eigenvalue weighted by atomic mass is 79.9. The summed E-state index contributed by atoms with van der Waals surface area (Å²) < 4.78 is 13.3. The van der Waals surface area contributed by atoms with E-state index in [4.69, 9.17) is 21.7 Å². The fraction of sp³-hybridized carbons (Fsp3) is 0.316. The smallest absolute Gasteiger partial charge is 0.188 e. The Balaban J connectivity index is 1.81. The number of thiocarbonyl (C=S) groups is 1. The first-order valence-corrected chi connectivity index (χ1v) is 9.53. The maximum atomic E-state index is 6.51. The van der Waals surface area contributed by atoms with Gasteiger partial charge in [-0.15, -0.1) is 0 Å². The van der Waals surface area contributed by atoms with Gasteiger partial charge in [0.05, 0.1) is 12.6 Å². The van der Waals surface area contributed by atoms with Gasteiger partial charge < -0.3 is 14.8 Å². The van der Waals surface area contributed by atoms with Crippen LogP contribution in [-0.2, 0) is 0 Å². The number of ether oxygens (including phenoxy) is 2. The molecule has 4 rings (SSSR count). The number of nitrogens with zero attached hydrogens (tertiary/aromatic N) is 1. The van der Waals surface area contributed by atoms with E-state index in [-0.39, 0.29) is 6.04 Å². The van der Waals surface area contributed by atoms with Crippen molar-refractivity contribution >= 4 is 38.9 Å². The van der Waals surface area contributed by atoms with E-state index in [0.29, 0.717) is 11.7 Å². The minimum Gasteiger partial charge on any atom is -0.490 e. The maximum absolute atomic E-state index is 6.51. The van der Waals surface area contributed by atoms with Crippen LogP contribution in [0.5, 0.6) is 11.5 Å². The fourth-order valence-corrected chi connectivity index (χ4v) is 4.46. The summed E-state index contributed by atoms with van der Waals surface area (Å²) in [7, 11) is 0. The summed E-state index contributed by atoms with van der Waals surface area (Å²) >= 11 is 9.22. The molecule has 4 nitrogen and oxygen atoms in total. The van der Waals surface area contributed by atoms with Crippen LogP contribution in [0.3, 0.4) is 0 Å². The Kier molecular flexibility index (Phi) is 4.12. The molecular weight excluding hydrogens is 400 g/mol. The normalized spacial score (nSPS) is 24.2. The molecule has 2 aliphatic heterocycles. The first kappa shape index (κ1) is 16.7. The molecular formula is C19H19BrN2O2S. The van der Waals surface area contributed by atoms with Gasteiger partial charge in [-0.25, -0.2) is 0 Å². The summed E-state index contributed by atoms with van der Waals surface area (Å²) in [4.78, 5) is 2.05. The molecule has 2 aromatic rings. The zero-order valence-corrected chi connectivity index (χ0v) is 16.5. The Morgan fingerprint density at radius 1 is 1.36 bits per heavy atom. The third-order valence-electron chi connectivity index (χ3n) is 4.63. The van der Waals surface area contributed by atoms with Gasteiger partial charge in [0, 0.05) is 22.1 Å². The number of anilines is 1. The molecule has 0 unspecified atom stereocenters. The van der Waals surface area contributed by atoms with Crippen molar-refractivity contribution in [3.63, 3.8) is 0 Å². The molecule has 0 aliphatic carbocycles. The average molecular weight is 419 g/mol. The average Bonchev–Trinajstić information content (AvgIpc) is 2.55. The number of fused-ring (bicyclic) bond motifs is 4. The number of para-hydroxylation sites is 1. The predicted molar refractivity (Wildman–Crippen MR) is 106 cm³/mol. The molecule has 2 aliphatic rings. The van der Waals surface area contributed by atoms with E-state index in [2.05, 4.69) is 39.1 Å². The van der Waals surface area contributed by atoms with Crippen LogP contribution >= 0.6 is 28.1 Å². The van der Waals surface area contributed by atoms with Crippen molar-refractivity contribution in [3.05, 3.63) is 52.5 Å². The zero-order chi connectivity index (χ0) is 17.6. The van der Waals surface area contributed by atoms with Crippen molar-refractivity contribution in [1.82, 2.24) is 5.32 Å². The summed E-state index contributed by atoms with van der Waals surface area (Å²) in [6, 6.07) is 14.2. The number of hydrogen-bond acceptors (Lipinski definition) is 3. The van der Waals surface area contributed by atoms with E-state index >= 15 is 0 Å². The van der Waals surface area contributed by atoms with Crippen LogP contribution in [0.4, 0.5) is 5.69 Å². The van der Waals surface area contributed by atoms with Crippen LogP contribution in [0.15, 0.2) is 46.9 Å². The Morgan fingerprint density at radius 3 is 2.92 bits per heavy atom. The lowest BCUT2D eigenvalue weighted by Crippen LogP contribution is -2.65. The molecule has 0 aromatic heterocycles. The standard InChI is InChI=1S/C19H19BrN2O2S/c1-3-23-16-9-5-8-14-15-11-19(2,24-17(14)16)22(18(25)21-15)13-7-4-6-12(20)10-13/h4-10,15H,3,11H2,1-2H3,(H,21,25)/t15-,19-/m1/s1. The number of rotatable bonds is 3. The van der Waals surface area contributed by atoms with Gasteiger partial charge in [-0.05, 0) is 50.3 Å². The van der Waals surface area contributed by atoms with E-state index in [1.165, 1.54) is 0 Å². The molecule has 0 spiro atoms. The molecule has 25 heavy (non-hydrogen) atoms. The molecule has 0 radical (unpaired) electrons. The summed E-state index contributed by atoms with van der Waals surface area (Å²) in [6.45, 7) is 4.66. The molecule has 130 valence electrons. The molecule has 1 N–H and O–H groups in total. The molecule has 2 heterocycles. The van der Waals surface area contributed by atoms with Crippen LogP contribution in [0.25, 0.3) is 0 Å². The van der Waals surface area contributed by atoms with Crippen molar-refractivity contribution in [1.29, 1.82) is 0 Å². The largest absolute Gasteiger partial charge is 0.490 e. The molecule has 6 heteroatoms. The SMILES string of the molecule is CCOc1cccc2c1O[C@]1(C)C[C@H]2NC(=S)N1c1cccc(Br)c1. The molecule has 1 fully saturated rings. The van der Waals surface area contributed by atoms with Gasteiger partial charge in [-0.2, -0.15) is 0 Å². The summed E-state index contributed by atoms with van der Waals surface area (Å²) in [5, 5.41) is 4.14. The highest BCUT2D eigenvalue weighted by Crippen LogP contribution is 2.49. The third-order valence-corrected chi connectivity index (χ3v) is 5.42. The van der Waals surface area contributed by atoms with Crippen molar-refractivity contribution in [2.75, 3.05) is 11.5 Å². The zero-order valence-electron chi connectivity index (χ0n) is 14.1. The van der Waals surface area contributed by atoms with Gasteiger partial charge in [-0.3, -0.25) is 4.90 Å². The monoisotopic (exact) mass is 418 g/mol. The second-order valence-corrected chi connectivity index (χ2v) is 7.71. The van der Waals surface area contributed by atoms with Crippen molar-refractivity contribution < 1.29 is 9.47 Å². The van der Waals surface area contributed by atoms with Gasteiger partial charge in [0.1, 0.15) is 0 Å². The first-order valence-electron chi connectivity index (χ1n) is 8.33. The topological polar surface area (TPSA) is 33.7 Å². The van der Waals surface area contributed by atoms with Crippen molar-refractivity contribution in [2.45, 2.75) is 32.0 Å². The van der Waals surface area contributed by atoms with Gasteiger partial charge in [0.15, 0.2) is 22.3 Å². The summed E-state index contributed by atoms with van der Waals surface area (Å²) in [5.74, 6) is 1.58. The Bertz CT molecular complexity index is 844. The van der Waals surface area contributed by atoms with Crippen LogP contribution < -0.4 is 19.7 Å². The van der Waals surface area contributed by atoms with E-state index in [9.17, 15) is 0 Å². The third kappa shape index (κ3) is 2.77. The molecule has 0 saturated carbocycles. The predicted octanol–water partition coefficient (Wildman–Crippen LogP) is 4.78. The lowest BCUT2D eigenvalue weighted by atomic mass is 9.90. The van der Waals surface area contributed by atoms with Crippen LogP contribution in [0, 0.1) is 0 Å². The fourth-order valence-electron chi connectivity index (χ4n) is 3.64. The van der Waals surface area contributed by atoms with E-state index in [1.54, 1.807) is 0 Å². The number of benzene rings is 2. The summed E-state index contributed by atoms with van der Waals surface area (Å²) in [5.41, 5.74) is 1.51. The highest BCUT2D eigenvalue weighted by Gasteiger charge is 2.49. The second-order valence-electron chi connectivity index (χ2n) is 6.41. The van der Waals surface area contributed by atoms with E-state index in [0.717, 1.165) is 33.6 Å². The molecule has 1 saturated heterocycles. The van der Waals surface area contributed by atoms with Gasteiger partial charge in [0.2, 0.25) is 0 Å². The quantitative estimate of drug-likeness (QED) is 0.725. The first-order chi connectivity index (χ1) is 12.0. The molecule has 2 atom stereocenters. The Morgan fingerprint density at radius 2 is 2.16 bits per heavy atom. The Hall–Kier alpha value is -1.79. The van der Waals surface area contributed by atoms with Gasteiger partial charge >= 0.3 is 0 Å². The maximum Gasteiger partial charge on any atom is 0.188 e.